The summed E-state index contributed by atoms with van der Waals surface area (Å²) in [5.74, 6) is -0.0788. The van der Waals surface area contributed by atoms with E-state index in [4.69, 9.17) is 5.11 Å². The van der Waals surface area contributed by atoms with Crippen LogP contribution in [0, 0.1) is 11.3 Å². The minimum atomic E-state index is -0.162. The Morgan fingerprint density at radius 1 is 1.54 bits per heavy atom. The van der Waals surface area contributed by atoms with Gasteiger partial charge in [0.2, 0.25) is 0 Å². The highest BCUT2D eigenvalue weighted by atomic mass is 16.3. The van der Waals surface area contributed by atoms with Crippen LogP contribution in [0.2, 0.25) is 0 Å². The number of ketones is 1. The zero-order valence-corrected chi connectivity index (χ0v) is 8.42. The Balaban J connectivity index is 2.82. The predicted octanol–water partition coefficient (Wildman–Crippen LogP) is 1.93. The molecule has 74 valence electrons. The van der Waals surface area contributed by atoms with Gasteiger partial charge in [0, 0.05) is 5.92 Å². The molecule has 0 saturated carbocycles. The molecule has 1 aliphatic rings. The summed E-state index contributed by atoms with van der Waals surface area (Å²) in [6.07, 6.45) is 6.58. The zero-order valence-electron chi connectivity index (χ0n) is 8.42. The molecular weight excluding hydrogens is 164 g/mol. The summed E-state index contributed by atoms with van der Waals surface area (Å²) in [5.41, 5.74) is 0.154. The first-order chi connectivity index (χ1) is 6.17. The van der Waals surface area contributed by atoms with Crippen LogP contribution in [0.15, 0.2) is 12.2 Å². The first-order valence-electron chi connectivity index (χ1n) is 5.01. The highest BCUT2D eigenvalue weighted by molar-refractivity contribution is 5.92. The smallest absolute Gasteiger partial charge is 0.160 e. The molecule has 13 heavy (non-hydrogen) atoms. The van der Waals surface area contributed by atoms with Crippen LogP contribution in [-0.2, 0) is 4.79 Å². The highest BCUT2D eigenvalue weighted by Gasteiger charge is 2.33. The monoisotopic (exact) mass is 182 g/mol. The van der Waals surface area contributed by atoms with Crippen molar-refractivity contribution < 1.29 is 9.90 Å². The van der Waals surface area contributed by atoms with Crippen LogP contribution in [0.1, 0.15) is 33.1 Å². The second-order valence-corrected chi connectivity index (χ2v) is 3.89. The fourth-order valence-corrected chi connectivity index (χ4v) is 1.98. The van der Waals surface area contributed by atoms with Crippen LogP contribution in [0.5, 0.6) is 0 Å². The van der Waals surface area contributed by atoms with E-state index in [1.165, 1.54) is 0 Å². The minimum absolute atomic E-state index is 0.00900. The maximum absolute atomic E-state index is 11.3. The molecule has 1 atom stereocenters. The molecule has 2 heteroatoms. The third-order valence-corrected chi connectivity index (χ3v) is 3.29. The van der Waals surface area contributed by atoms with E-state index in [9.17, 15) is 4.79 Å². The van der Waals surface area contributed by atoms with Crippen molar-refractivity contribution in [1.82, 2.24) is 0 Å². The Hall–Kier alpha value is -0.630. The Morgan fingerprint density at radius 2 is 2.15 bits per heavy atom. The van der Waals surface area contributed by atoms with Crippen molar-refractivity contribution in [3.8, 4) is 0 Å². The Bertz CT molecular complexity index is 214. The summed E-state index contributed by atoms with van der Waals surface area (Å²) < 4.78 is 0. The lowest BCUT2D eigenvalue weighted by Gasteiger charge is -2.34. The molecule has 0 radical (unpaired) electrons. The lowest BCUT2D eigenvalue weighted by atomic mass is 9.70. The maximum Gasteiger partial charge on any atom is 0.160 e. The van der Waals surface area contributed by atoms with Crippen LogP contribution in [-0.4, -0.2) is 17.5 Å². The lowest BCUT2D eigenvalue weighted by Crippen LogP contribution is -2.31. The van der Waals surface area contributed by atoms with Crippen LogP contribution in [0.4, 0.5) is 0 Å². The number of allylic oxidation sites excluding steroid dienone is 2. The molecule has 1 rings (SSSR count). The molecule has 0 aromatic rings. The van der Waals surface area contributed by atoms with E-state index in [1.54, 1.807) is 6.08 Å². The first kappa shape index (κ1) is 10.5. The number of aliphatic hydroxyl groups is 1. The van der Waals surface area contributed by atoms with Crippen LogP contribution >= 0.6 is 0 Å². The molecule has 0 bridgehead atoms. The molecule has 1 aliphatic carbocycles. The molecule has 1 N–H and O–H groups in total. The van der Waals surface area contributed by atoms with Crippen molar-refractivity contribution in [2.75, 3.05) is 6.61 Å². The molecule has 0 fully saturated rings. The zero-order chi connectivity index (χ0) is 9.90. The molecule has 0 aliphatic heterocycles. The molecular formula is C11H18O2. The second kappa shape index (κ2) is 4.05. The van der Waals surface area contributed by atoms with Gasteiger partial charge >= 0.3 is 0 Å². The van der Waals surface area contributed by atoms with E-state index in [2.05, 4.69) is 13.8 Å². The highest BCUT2D eigenvalue weighted by Crippen LogP contribution is 2.38. The Kier molecular flexibility index (Phi) is 3.26. The number of hydrogen-bond acceptors (Lipinski definition) is 2. The van der Waals surface area contributed by atoms with Crippen molar-refractivity contribution >= 4 is 5.78 Å². The molecule has 0 amide bonds. The van der Waals surface area contributed by atoms with E-state index < -0.39 is 0 Å². The molecule has 0 heterocycles. The van der Waals surface area contributed by atoms with Crippen molar-refractivity contribution in [3.63, 3.8) is 0 Å². The average molecular weight is 182 g/mol. The van der Waals surface area contributed by atoms with Gasteiger partial charge in [0.05, 0.1) is 6.61 Å². The van der Waals surface area contributed by atoms with E-state index in [1.807, 2.05) is 6.08 Å². The number of carbonyl (C=O) groups is 1. The fourth-order valence-electron chi connectivity index (χ4n) is 1.98. The predicted molar refractivity (Wildman–Crippen MR) is 52.4 cm³/mol. The van der Waals surface area contributed by atoms with Gasteiger partial charge in [-0.15, -0.1) is 0 Å². The summed E-state index contributed by atoms with van der Waals surface area (Å²) in [5, 5.41) is 9.03. The van der Waals surface area contributed by atoms with Crippen LogP contribution < -0.4 is 0 Å². The SMILES string of the molecule is CCC1(CC)C=CC(=O)C(CO)C1. The average Bonchev–Trinajstić information content (AvgIpc) is 2.19. The van der Waals surface area contributed by atoms with Gasteiger partial charge in [0.15, 0.2) is 5.78 Å². The summed E-state index contributed by atoms with van der Waals surface area (Å²) in [7, 11) is 0. The standard InChI is InChI=1S/C11H18O2/c1-3-11(4-2)6-5-10(13)9(7-11)8-12/h5-6,9,12H,3-4,7-8H2,1-2H3. The minimum Gasteiger partial charge on any atom is -0.396 e. The molecule has 1 unspecified atom stereocenters. The molecule has 0 aromatic heterocycles. The van der Waals surface area contributed by atoms with Crippen molar-refractivity contribution in [1.29, 1.82) is 0 Å². The largest absolute Gasteiger partial charge is 0.396 e. The summed E-state index contributed by atoms with van der Waals surface area (Å²) in [6.45, 7) is 4.26. The fraction of sp³-hybridized carbons (Fsp3) is 0.727. The van der Waals surface area contributed by atoms with Gasteiger partial charge in [-0.05, 0) is 30.8 Å². The van der Waals surface area contributed by atoms with E-state index in [0.717, 1.165) is 19.3 Å². The van der Waals surface area contributed by atoms with Crippen molar-refractivity contribution in [2.45, 2.75) is 33.1 Å². The quantitative estimate of drug-likeness (QED) is 0.724. The van der Waals surface area contributed by atoms with Gasteiger partial charge in [-0.2, -0.15) is 0 Å². The maximum atomic E-state index is 11.3. The molecule has 0 aromatic carbocycles. The van der Waals surface area contributed by atoms with Crippen LogP contribution in [0.25, 0.3) is 0 Å². The van der Waals surface area contributed by atoms with E-state index >= 15 is 0 Å². The number of hydrogen-bond donors (Lipinski definition) is 1. The number of carbonyl (C=O) groups excluding carboxylic acids is 1. The number of rotatable bonds is 3. The normalized spacial score (nSPS) is 26.4. The summed E-state index contributed by atoms with van der Waals surface area (Å²) in [6, 6.07) is 0. The van der Waals surface area contributed by atoms with Gasteiger partial charge in [0.25, 0.3) is 0 Å². The molecule has 0 spiro atoms. The third kappa shape index (κ3) is 1.99. The van der Waals surface area contributed by atoms with Crippen molar-refractivity contribution in [3.05, 3.63) is 12.2 Å². The van der Waals surface area contributed by atoms with E-state index in [-0.39, 0.29) is 23.7 Å². The van der Waals surface area contributed by atoms with Gasteiger partial charge in [0.1, 0.15) is 0 Å². The Labute approximate surface area is 79.6 Å². The summed E-state index contributed by atoms with van der Waals surface area (Å²) >= 11 is 0. The third-order valence-electron chi connectivity index (χ3n) is 3.29. The lowest BCUT2D eigenvalue weighted by molar-refractivity contribution is -0.121. The van der Waals surface area contributed by atoms with Crippen molar-refractivity contribution in [2.24, 2.45) is 11.3 Å². The number of aliphatic hydroxyl groups excluding tert-OH is 1. The summed E-state index contributed by atoms with van der Waals surface area (Å²) in [4.78, 5) is 11.3. The van der Waals surface area contributed by atoms with Gasteiger partial charge in [-0.3, -0.25) is 4.79 Å². The molecule has 0 saturated heterocycles. The van der Waals surface area contributed by atoms with Crippen LogP contribution in [0.3, 0.4) is 0 Å². The van der Waals surface area contributed by atoms with Gasteiger partial charge in [-0.1, -0.05) is 19.9 Å². The van der Waals surface area contributed by atoms with E-state index in [0.29, 0.717) is 0 Å². The molecule has 2 nitrogen and oxygen atoms in total. The first-order valence-corrected chi connectivity index (χ1v) is 5.01. The van der Waals surface area contributed by atoms with Gasteiger partial charge < -0.3 is 5.11 Å². The van der Waals surface area contributed by atoms with Gasteiger partial charge in [-0.25, -0.2) is 0 Å². The topological polar surface area (TPSA) is 37.3 Å². The second-order valence-electron chi connectivity index (χ2n) is 3.89. The Morgan fingerprint density at radius 3 is 2.62 bits per heavy atom.